The highest BCUT2D eigenvalue weighted by atomic mass is 32.1. The Bertz CT molecular complexity index is 915. The van der Waals surface area contributed by atoms with Gasteiger partial charge >= 0.3 is 0 Å². The topological polar surface area (TPSA) is 12.9 Å². The van der Waals surface area contributed by atoms with Gasteiger partial charge in [0.2, 0.25) is 0 Å². The van der Waals surface area contributed by atoms with Crippen LogP contribution in [0, 0.1) is 13.8 Å². The second-order valence-corrected chi connectivity index (χ2v) is 8.72. The van der Waals surface area contributed by atoms with Crippen molar-refractivity contribution in [3.63, 3.8) is 0 Å². The standard InChI is InChI=1S/C24H27NS/c1-17-18(2)26-24-21(19-12-8-6-7-9-13-19)16-22(25-23(17)24)20-14-10-4-3-5-11-15-20/h3-5,10-11,14-16,19H,6-9,12-13H2,1-2H3/b4-3-,5-3?,10-4?,11-5-,14-10-,15-11?,20-14?,20-15+. The van der Waals surface area contributed by atoms with Crippen LogP contribution in [0.25, 0.3) is 15.8 Å². The van der Waals surface area contributed by atoms with Gasteiger partial charge in [0.25, 0.3) is 0 Å². The number of thiophene rings is 1. The first-order valence-corrected chi connectivity index (χ1v) is 10.7. The normalized spacial score (nSPS) is 24.3. The van der Waals surface area contributed by atoms with Crippen LogP contribution in [-0.4, -0.2) is 4.98 Å². The van der Waals surface area contributed by atoms with Gasteiger partial charge in [0.05, 0.1) is 15.9 Å². The predicted octanol–water partition coefficient (Wildman–Crippen LogP) is 7.42. The maximum absolute atomic E-state index is 5.10. The average molecular weight is 362 g/mol. The van der Waals surface area contributed by atoms with Crippen molar-refractivity contribution in [1.82, 2.24) is 4.98 Å². The maximum Gasteiger partial charge on any atom is 0.0852 e. The first-order valence-electron chi connectivity index (χ1n) is 9.87. The summed E-state index contributed by atoms with van der Waals surface area (Å²) >= 11 is 1.94. The Labute approximate surface area is 160 Å². The minimum absolute atomic E-state index is 0.688. The second kappa shape index (κ2) is 7.75. The fraction of sp³-hybridized carbons (Fsp3) is 0.375. The summed E-state index contributed by atoms with van der Waals surface area (Å²) in [5, 5.41) is 0. The molecule has 0 saturated heterocycles. The molecule has 134 valence electrons. The van der Waals surface area contributed by atoms with E-state index in [0.29, 0.717) is 5.92 Å². The molecule has 0 bridgehead atoms. The van der Waals surface area contributed by atoms with Crippen molar-refractivity contribution in [2.75, 3.05) is 0 Å². The van der Waals surface area contributed by atoms with Crippen molar-refractivity contribution in [2.45, 2.75) is 58.3 Å². The van der Waals surface area contributed by atoms with Crippen LogP contribution in [0.2, 0.25) is 0 Å². The molecule has 0 N–H and O–H groups in total. The van der Waals surface area contributed by atoms with Crippen molar-refractivity contribution in [3.05, 3.63) is 70.3 Å². The van der Waals surface area contributed by atoms with E-state index in [-0.39, 0.29) is 0 Å². The lowest BCUT2D eigenvalue weighted by Crippen LogP contribution is -2.01. The minimum Gasteiger partial charge on any atom is -0.247 e. The van der Waals surface area contributed by atoms with Crippen molar-refractivity contribution in [2.24, 2.45) is 0 Å². The minimum atomic E-state index is 0.688. The summed E-state index contributed by atoms with van der Waals surface area (Å²) in [5.41, 5.74) is 6.44. The number of hydrogen-bond acceptors (Lipinski definition) is 2. The Morgan fingerprint density at radius 3 is 2.46 bits per heavy atom. The molecular weight excluding hydrogens is 334 g/mol. The van der Waals surface area contributed by atoms with E-state index in [4.69, 9.17) is 4.98 Å². The van der Waals surface area contributed by atoms with Crippen molar-refractivity contribution >= 4 is 27.1 Å². The lowest BCUT2D eigenvalue weighted by molar-refractivity contribution is 0.596. The summed E-state index contributed by atoms with van der Waals surface area (Å²) in [4.78, 5) is 6.51. The molecule has 2 heteroatoms. The summed E-state index contributed by atoms with van der Waals surface area (Å²) in [6.07, 6.45) is 23.0. The van der Waals surface area contributed by atoms with Crippen LogP contribution in [0.1, 0.15) is 66.1 Å². The lowest BCUT2D eigenvalue weighted by atomic mass is 9.90. The van der Waals surface area contributed by atoms with Gasteiger partial charge in [0, 0.05) is 10.5 Å². The van der Waals surface area contributed by atoms with E-state index in [1.165, 1.54) is 64.8 Å². The van der Waals surface area contributed by atoms with E-state index in [1.807, 2.05) is 11.3 Å². The van der Waals surface area contributed by atoms with E-state index < -0.39 is 0 Å². The summed E-state index contributed by atoms with van der Waals surface area (Å²) in [6.45, 7) is 4.47. The zero-order valence-electron chi connectivity index (χ0n) is 15.8. The van der Waals surface area contributed by atoms with Gasteiger partial charge in [-0.05, 0) is 49.8 Å². The molecular formula is C24H27NS. The second-order valence-electron chi connectivity index (χ2n) is 7.50. The molecule has 2 aromatic rings. The van der Waals surface area contributed by atoms with E-state index >= 15 is 0 Å². The molecule has 1 saturated carbocycles. The van der Waals surface area contributed by atoms with Gasteiger partial charge in [-0.2, -0.15) is 0 Å². The molecule has 0 aromatic carbocycles. The molecule has 1 nitrogen and oxygen atoms in total. The van der Waals surface area contributed by atoms with Crippen LogP contribution in [-0.2, 0) is 0 Å². The van der Waals surface area contributed by atoms with Gasteiger partial charge in [-0.3, -0.25) is 0 Å². The van der Waals surface area contributed by atoms with Crippen LogP contribution in [0.15, 0.2) is 48.6 Å². The van der Waals surface area contributed by atoms with Crippen LogP contribution < -0.4 is 0 Å². The molecule has 0 aliphatic heterocycles. The zero-order valence-corrected chi connectivity index (χ0v) is 16.6. The van der Waals surface area contributed by atoms with Gasteiger partial charge in [-0.1, -0.05) is 68.2 Å². The quantitative estimate of drug-likeness (QED) is 0.507. The number of fused-ring (bicyclic) bond motifs is 1. The van der Waals surface area contributed by atoms with Gasteiger partial charge in [0.15, 0.2) is 0 Å². The van der Waals surface area contributed by atoms with Gasteiger partial charge in [-0.25, -0.2) is 4.98 Å². The summed E-state index contributed by atoms with van der Waals surface area (Å²) in [6, 6.07) is 2.39. The molecule has 0 atom stereocenters. The monoisotopic (exact) mass is 361 g/mol. The lowest BCUT2D eigenvalue weighted by Gasteiger charge is -2.17. The number of hydrogen-bond donors (Lipinski definition) is 0. The van der Waals surface area contributed by atoms with Crippen molar-refractivity contribution < 1.29 is 0 Å². The van der Waals surface area contributed by atoms with E-state index in [2.05, 4.69) is 62.4 Å². The molecule has 2 aliphatic rings. The first-order chi connectivity index (χ1) is 12.7. The third-order valence-corrected chi connectivity index (χ3v) is 6.97. The van der Waals surface area contributed by atoms with Crippen LogP contribution in [0.3, 0.4) is 0 Å². The molecule has 2 aromatic heterocycles. The molecule has 2 aliphatic carbocycles. The Kier molecular flexibility index (Phi) is 5.21. The molecule has 0 radical (unpaired) electrons. The summed E-state index contributed by atoms with van der Waals surface area (Å²) in [5.74, 6) is 0.688. The van der Waals surface area contributed by atoms with Gasteiger partial charge in [0.1, 0.15) is 0 Å². The largest absolute Gasteiger partial charge is 0.247 e. The molecule has 0 amide bonds. The third-order valence-electron chi connectivity index (χ3n) is 5.73. The molecule has 0 spiro atoms. The number of aromatic nitrogens is 1. The predicted molar refractivity (Wildman–Crippen MR) is 115 cm³/mol. The van der Waals surface area contributed by atoms with E-state index in [9.17, 15) is 0 Å². The smallest absolute Gasteiger partial charge is 0.0852 e. The Morgan fingerprint density at radius 1 is 0.923 bits per heavy atom. The molecule has 1 fully saturated rings. The molecule has 26 heavy (non-hydrogen) atoms. The molecule has 4 rings (SSSR count). The summed E-state index contributed by atoms with van der Waals surface area (Å²) in [7, 11) is 0. The molecule has 0 unspecified atom stereocenters. The highest BCUT2D eigenvalue weighted by molar-refractivity contribution is 7.19. The fourth-order valence-electron chi connectivity index (χ4n) is 4.09. The van der Waals surface area contributed by atoms with Crippen LogP contribution in [0.5, 0.6) is 0 Å². The average Bonchev–Trinajstić information content (AvgIpc) is 2.81. The Morgan fingerprint density at radius 2 is 1.65 bits per heavy atom. The van der Waals surface area contributed by atoms with Crippen LogP contribution >= 0.6 is 11.3 Å². The van der Waals surface area contributed by atoms with Crippen LogP contribution in [0.4, 0.5) is 0 Å². The van der Waals surface area contributed by atoms with E-state index in [1.54, 1.807) is 5.56 Å². The number of pyridine rings is 1. The van der Waals surface area contributed by atoms with E-state index in [0.717, 1.165) is 5.69 Å². The summed E-state index contributed by atoms with van der Waals surface area (Å²) < 4.78 is 1.43. The fourth-order valence-corrected chi connectivity index (χ4v) is 5.28. The first kappa shape index (κ1) is 17.5. The Hall–Kier alpha value is -1.93. The third kappa shape index (κ3) is 3.48. The van der Waals surface area contributed by atoms with Gasteiger partial charge < -0.3 is 0 Å². The van der Waals surface area contributed by atoms with Gasteiger partial charge in [-0.15, -0.1) is 11.3 Å². The number of aryl methyl sites for hydroxylation is 2. The maximum atomic E-state index is 5.10. The molecule has 2 heterocycles. The zero-order chi connectivity index (χ0) is 17.9. The number of nitrogens with zero attached hydrogens (tertiary/aromatic N) is 1. The Balaban J connectivity index is 1.87. The van der Waals surface area contributed by atoms with Crippen molar-refractivity contribution in [3.8, 4) is 0 Å². The highest BCUT2D eigenvalue weighted by Crippen LogP contribution is 2.41. The SMILES string of the molecule is Cc1sc2c(C3CCCCCC3)cc(C3=C/C=C\C=C/C=C\3)nc2c1C. The highest BCUT2D eigenvalue weighted by Gasteiger charge is 2.21. The van der Waals surface area contributed by atoms with Crippen molar-refractivity contribution in [1.29, 1.82) is 0 Å². The number of allylic oxidation sites excluding steroid dienone is 8. The number of rotatable bonds is 2.